The minimum absolute atomic E-state index is 0.126. The Bertz CT molecular complexity index is 471. The van der Waals surface area contributed by atoms with Crippen molar-refractivity contribution in [2.45, 2.75) is 32.7 Å². The maximum atomic E-state index is 12.2. The summed E-state index contributed by atoms with van der Waals surface area (Å²) >= 11 is 0. The number of carboxylic acids is 1. The Balaban J connectivity index is 2.93. The molecular weight excluding hydrogens is 234 g/mol. The zero-order valence-corrected chi connectivity index (χ0v) is 11.0. The van der Waals surface area contributed by atoms with E-state index < -0.39 is 11.5 Å². The molecule has 0 aliphatic heterocycles. The molecule has 0 atom stereocenters. The summed E-state index contributed by atoms with van der Waals surface area (Å²) in [4.78, 5) is 32.3. The van der Waals surface area contributed by atoms with Crippen molar-refractivity contribution in [2.75, 3.05) is 7.05 Å². The highest BCUT2D eigenvalue weighted by Crippen LogP contribution is 2.19. The summed E-state index contributed by atoms with van der Waals surface area (Å²) in [5.41, 5.74) is -0.509. The average Bonchev–Trinajstić information content (AvgIpc) is 2.25. The number of carboxylic acid groups (broad SMARTS) is 1. The molecule has 1 aromatic heterocycles. The molecule has 1 amide bonds. The third kappa shape index (κ3) is 3.26. The number of carbonyl (C=O) groups excluding carboxylic acids is 1. The molecule has 18 heavy (non-hydrogen) atoms. The first-order valence-electron chi connectivity index (χ1n) is 5.53. The third-order valence-corrected chi connectivity index (χ3v) is 2.79. The second-order valence-electron chi connectivity index (χ2n) is 4.74. The lowest BCUT2D eigenvalue weighted by atomic mass is 9.98. The van der Waals surface area contributed by atoms with Gasteiger partial charge in [-0.05, 0) is 26.8 Å². The van der Waals surface area contributed by atoms with Crippen LogP contribution in [-0.2, 0) is 4.79 Å². The highest BCUT2D eigenvalue weighted by atomic mass is 16.4. The van der Waals surface area contributed by atoms with E-state index in [9.17, 15) is 9.59 Å². The molecule has 6 heteroatoms. The zero-order chi connectivity index (χ0) is 13.9. The van der Waals surface area contributed by atoms with Crippen LogP contribution in [0, 0.1) is 6.92 Å². The minimum atomic E-state index is -0.946. The molecule has 0 aliphatic carbocycles. The number of aliphatic carboxylic acids is 1. The van der Waals surface area contributed by atoms with Crippen molar-refractivity contribution in [1.29, 1.82) is 0 Å². The van der Waals surface area contributed by atoms with Gasteiger partial charge in [-0.25, -0.2) is 9.97 Å². The topological polar surface area (TPSA) is 83.4 Å². The fourth-order valence-corrected chi connectivity index (χ4v) is 1.51. The van der Waals surface area contributed by atoms with Crippen LogP contribution in [0.5, 0.6) is 0 Å². The van der Waals surface area contributed by atoms with E-state index in [1.165, 1.54) is 17.2 Å². The highest BCUT2D eigenvalue weighted by Gasteiger charge is 2.31. The lowest BCUT2D eigenvalue weighted by Gasteiger charge is -2.34. The number of amides is 1. The summed E-state index contributed by atoms with van der Waals surface area (Å²) in [5.74, 6) is -0.754. The van der Waals surface area contributed by atoms with Crippen LogP contribution in [-0.4, -0.2) is 44.4 Å². The standard InChI is InChI=1S/C12H17N3O3/c1-8-13-6-5-9(14-8)11(18)15(4)12(2,3)7-10(16)17/h5-6H,7H2,1-4H3,(H,16,17). The van der Waals surface area contributed by atoms with Crippen LogP contribution in [0.1, 0.15) is 36.6 Å². The molecule has 0 unspecified atom stereocenters. The van der Waals surface area contributed by atoms with Crippen molar-refractivity contribution in [3.8, 4) is 0 Å². The van der Waals surface area contributed by atoms with Crippen molar-refractivity contribution in [2.24, 2.45) is 0 Å². The quantitative estimate of drug-likeness (QED) is 0.866. The molecule has 0 fully saturated rings. The first-order chi connectivity index (χ1) is 8.24. The summed E-state index contributed by atoms with van der Waals surface area (Å²) in [6.07, 6.45) is 1.38. The van der Waals surface area contributed by atoms with Crippen LogP contribution in [0.15, 0.2) is 12.3 Å². The van der Waals surface area contributed by atoms with Crippen molar-refractivity contribution in [3.05, 3.63) is 23.8 Å². The molecule has 0 spiro atoms. The number of rotatable bonds is 4. The average molecular weight is 251 g/mol. The third-order valence-electron chi connectivity index (χ3n) is 2.79. The predicted molar refractivity (Wildman–Crippen MR) is 65.2 cm³/mol. The van der Waals surface area contributed by atoms with Crippen LogP contribution >= 0.6 is 0 Å². The van der Waals surface area contributed by atoms with Gasteiger partial charge in [0.2, 0.25) is 0 Å². The molecule has 6 nitrogen and oxygen atoms in total. The second kappa shape index (κ2) is 5.12. The lowest BCUT2D eigenvalue weighted by Crippen LogP contribution is -2.46. The van der Waals surface area contributed by atoms with Gasteiger partial charge < -0.3 is 10.0 Å². The van der Waals surface area contributed by atoms with Gasteiger partial charge in [-0.15, -0.1) is 0 Å². The molecule has 0 bridgehead atoms. The van der Waals surface area contributed by atoms with Crippen molar-refractivity contribution in [1.82, 2.24) is 14.9 Å². The molecule has 0 saturated heterocycles. The van der Waals surface area contributed by atoms with Gasteiger partial charge in [-0.2, -0.15) is 0 Å². The molecule has 98 valence electrons. The van der Waals surface area contributed by atoms with Crippen LogP contribution in [0.4, 0.5) is 0 Å². The summed E-state index contributed by atoms with van der Waals surface area (Å²) in [6, 6.07) is 1.52. The Kier molecular flexibility index (Phi) is 4.00. The van der Waals surface area contributed by atoms with Crippen molar-refractivity contribution < 1.29 is 14.7 Å². The van der Waals surface area contributed by atoms with Crippen molar-refractivity contribution >= 4 is 11.9 Å². The van der Waals surface area contributed by atoms with E-state index >= 15 is 0 Å². The number of aryl methyl sites for hydroxylation is 1. The molecule has 0 aliphatic rings. The summed E-state index contributed by atoms with van der Waals surface area (Å²) < 4.78 is 0. The fourth-order valence-electron chi connectivity index (χ4n) is 1.51. The van der Waals surface area contributed by atoms with E-state index in [4.69, 9.17) is 5.11 Å². The number of aromatic nitrogens is 2. The number of hydrogen-bond acceptors (Lipinski definition) is 4. The van der Waals surface area contributed by atoms with Gasteiger partial charge in [0.05, 0.1) is 6.42 Å². The van der Waals surface area contributed by atoms with Gasteiger partial charge in [-0.3, -0.25) is 9.59 Å². The zero-order valence-electron chi connectivity index (χ0n) is 11.0. The largest absolute Gasteiger partial charge is 0.481 e. The predicted octanol–water partition coefficient (Wildman–Crippen LogP) is 1.11. The highest BCUT2D eigenvalue weighted by molar-refractivity contribution is 5.92. The van der Waals surface area contributed by atoms with Crippen LogP contribution in [0.2, 0.25) is 0 Å². The Hall–Kier alpha value is -1.98. The maximum Gasteiger partial charge on any atom is 0.305 e. The lowest BCUT2D eigenvalue weighted by molar-refractivity contribution is -0.139. The van der Waals surface area contributed by atoms with Gasteiger partial charge in [0.1, 0.15) is 11.5 Å². The van der Waals surface area contributed by atoms with E-state index in [2.05, 4.69) is 9.97 Å². The number of carbonyl (C=O) groups is 2. The van der Waals surface area contributed by atoms with Crippen molar-refractivity contribution in [3.63, 3.8) is 0 Å². The smallest absolute Gasteiger partial charge is 0.305 e. The first kappa shape index (κ1) is 14.1. The Morgan fingerprint density at radius 1 is 1.44 bits per heavy atom. The van der Waals surface area contributed by atoms with Gasteiger partial charge in [0, 0.05) is 18.8 Å². The van der Waals surface area contributed by atoms with Crippen LogP contribution < -0.4 is 0 Å². The van der Waals surface area contributed by atoms with Crippen LogP contribution in [0.3, 0.4) is 0 Å². The Labute approximate surface area is 106 Å². The molecule has 1 N–H and O–H groups in total. The maximum absolute atomic E-state index is 12.2. The number of hydrogen-bond donors (Lipinski definition) is 1. The number of nitrogens with zero attached hydrogens (tertiary/aromatic N) is 3. The van der Waals surface area contributed by atoms with Gasteiger partial charge in [0.25, 0.3) is 5.91 Å². The van der Waals surface area contributed by atoms with Gasteiger partial charge in [0.15, 0.2) is 0 Å². The molecule has 1 rings (SSSR count). The van der Waals surface area contributed by atoms with E-state index in [1.807, 2.05) is 0 Å². The van der Waals surface area contributed by atoms with Gasteiger partial charge >= 0.3 is 5.97 Å². The fraction of sp³-hybridized carbons (Fsp3) is 0.500. The normalized spacial score (nSPS) is 11.1. The van der Waals surface area contributed by atoms with E-state index in [-0.39, 0.29) is 18.0 Å². The van der Waals surface area contributed by atoms with Gasteiger partial charge in [-0.1, -0.05) is 0 Å². The SMILES string of the molecule is Cc1nccc(C(=O)N(C)C(C)(C)CC(=O)O)n1. The second-order valence-corrected chi connectivity index (χ2v) is 4.74. The minimum Gasteiger partial charge on any atom is -0.481 e. The summed E-state index contributed by atoms with van der Waals surface area (Å²) in [7, 11) is 1.57. The molecule has 1 aromatic rings. The monoisotopic (exact) mass is 251 g/mol. The summed E-state index contributed by atoms with van der Waals surface area (Å²) in [5, 5.41) is 8.83. The Morgan fingerprint density at radius 2 is 2.06 bits per heavy atom. The Morgan fingerprint density at radius 3 is 2.56 bits per heavy atom. The van der Waals surface area contributed by atoms with Crippen LogP contribution in [0.25, 0.3) is 0 Å². The molecule has 0 aromatic carbocycles. The molecule has 0 saturated carbocycles. The summed E-state index contributed by atoms with van der Waals surface area (Å²) in [6.45, 7) is 5.10. The van der Waals surface area contributed by atoms with E-state index in [0.29, 0.717) is 5.82 Å². The van der Waals surface area contributed by atoms with E-state index in [0.717, 1.165) is 0 Å². The van der Waals surface area contributed by atoms with E-state index in [1.54, 1.807) is 27.8 Å². The molecule has 1 heterocycles. The molecule has 0 radical (unpaired) electrons. The molecular formula is C12H17N3O3. The first-order valence-corrected chi connectivity index (χ1v) is 5.53.